The summed E-state index contributed by atoms with van der Waals surface area (Å²) in [6, 6.07) is 4.50. The predicted molar refractivity (Wildman–Crippen MR) is 59.2 cm³/mol. The number of rotatable bonds is 5. The van der Waals surface area contributed by atoms with Gasteiger partial charge in [0.05, 0.1) is 12.4 Å². The van der Waals surface area contributed by atoms with Crippen LogP contribution in [0.4, 0.5) is 4.39 Å². The molecular formula is C10H14FNO3S. The van der Waals surface area contributed by atoms with Gasteiger partial charge in [-0.05, 0) is 31.0 Å². The zero-order valence-corrected chi connectivity index (χ0v) is 9.76. The number of hydrogen-bond acceptors (Lipinski definition) is 3. The van der Waals surface area contributed by atoms with E-state index in [0.717, 1.165) is 5.56 Å². The number of hydrogen-bond donors (Lipinski definition) is 1. The first kappa shape index (κ1) is 12.9. The highest BCUT2D eigenvalue weighted by Crippen LogP contribution is 2.18. The second-order valence-corrected chi connectivity index (χ2v) is 5.24. The van der Waals surface area contributed by atoms with Crippen LogP contribution in [0.5, 0.6) is 5.75 Å². The normalized spacial score (nSPS) is 11.4. The lowest BCUT2D eigenvalue weighted by molar-refractivity contribution is 0.301. The second kappa shape index (κ2) is 5.27. The quantitative estimate of drug-likeness (QED) is 0.795. The zero-order chi connectivity index (χ0) is 12.2. The van der Waals surface area contributed by atoms with Gasteiger partial charge in [-0.15, -0.1) is 0 Å². The summed E-state index contributed by atoms with van der Waals surface area (Å²) in [7, 11) is -3.47. The smallest absolute Gasteiger partial charge is 0.209 e. The molecule has 16 heavy (non-hydrogen) atoms. The minimum absolute atomic E-state index is 0.122. The van der Waals surface area contributed by atoms with E-state index in [1.165, 1.54) is 6.07 Å². The van der Waals surface area contributed by atoms with Crippen LogP contribution in [0.1, 0.15) is 12.0 Å². The van der Waals surface area contributed by atoms with Gasteiger partial charge < -0.3 is 4.74 Å². The Morgan fingerprint density at radius 3 is 2.75 bits per heavy atom. The molecule has 90 valence electrons. The molecule has 6 heteroatoms. The van der Waals surface area contributed by atoms with Crippen LogP contribution in [0, 0.1) is 12.7 Å². The van der Waals surface area contributed by atoms with E-state index in [-0.39, 0.29) is 24.5 Å². The van der Waals surface area contributed by atoms with E-state index in [4.69, 9.17) is 9.88 Å². The first-order valence-electron chi connectivity index (χ1n) is 4.78. The first-order valence-corrected chi connectivity index (χ1v) is 6.49. The average molecular weight is 247 g/mol. The molecule has 0 heterocycles. The third kappa shape index (κ3) is 4.59. The first-order chi connectivity index (χ1) is 7.38. The zero-order valence-electron chi connectivity index (χ0n) is 8.94. The third-order valence-electron chi connectivity index (χ3n) is 1.92. The van der Waals surface area contributed by atoms with Crippen LogP contribution in [0.3, 0.4) is 0 Å². The van der Waals surface area contributed by atoms with Gasteiger partial charge in [-0.25, -0.2) is 17.9 Å². The Labute approximate surface area is 94.3 Å². The molecule has 0 amide bonds. The van der Waals surface area contributed by atoms with Crippen LogP contribution in [-0.4, -0.2) is 20.8 Å². The van der Waals surface area contributed by atoms with Crippen molar-refractivity contribution in [1.29, 1.82) is 0 Å². The number of ether oxygens (including phenoxy) is 1. The summed E-state index contributed by atoms with van der Waals surface area (Å²) in [6.07, 6.45) is 0.242. The number of primary sulfonamides is 1. The van der Waals surface area contributed by atoms with Gasteiger partial charge in [0, 0.05) is 0 Å². The lowest BCUT2D eigenvalue weighted by atomic mass is 10.2. The van der Waals surface area contributed by atoms with Crippen LogP contribution in [0.2, 0.25) is 0 Å². The van der Waals surface area contributed by atoms with Gasteiger partial charge >= 0.3 is 0 Å². The fourth-order valence-corrected chi connectivity index (χ4v) is 1.68. The van der Waals surface area contributed by atoms with Crippen molar-refractivity contribution in [3.05, 3.63) is 29.6 Å². The van der Waals surface area contributed by atoms with Crippen LogP contribution >= 0.6 is 0 Å². The monoisotopic (exact) mass is 247 g/mol. The Morgan fingerprint density at radius 2 is 2.12 bits per heavy atom. The molecule has 0 bridgehead atoms. The molecule has 0 aliphatic carbocycles. The highest BCUT2D eigenvalue weighted by atomic mass is 32.2. The van der Waals surface area contributed by atoms with Gasteiger partial charge in [0.15, 0.2) is 11.6 Å². The molecule has 0 unspecified atom stereocenters. The van der Waals surface area contributed by atoms with E-state index < -0.39 is 15.8 Å². The molecular weight excluding hydrogens is 233 g/mol. The van der Waals surface area contributed by atoms with Crippen molar-refractivity contribution in [3.8, 4) is 5.75 Å². The van der Waals surface area contributed by atoms with Gasteiger partial charge in [-0.2, -0.15) is 0 Å². The van der Waals surface area contributed by atoms with Crippen LogP contribution < -0.4 is 9.88 Å². The Balaban J connectivity index is 2.46. The number of benzene rings is 1. The Kier molecular flexibility index (Phi) is 4.26. The summed E-state index contributed by atoms with van der Waals surface area (Å²) in [5.41, 5.74) is 0.878. The molecule has 0 aliphatic heterocycles. The summed E-state index contributed by atoms with van der Waals surface area (Å²) in [5, 5.41) is 4.81. The van der Waals surface area contributed by atoms with Crippen molar-refractivity contribution in [2.45, 2.75) is 13.3 Å². The molecule has 0 aliphatic rings. The van der Waals surface area contributed by atoms with Crippen LogP contribution in [0.15, 0.2) is 18.2 Å². The Hall–Kier alpha value is -1.14. The van der Waals surface area contributed by atoms with E-state index in [0.29, 0.717) is 0 Å². The summed E-state index contributed by atoms with van der Waals surface area (Å²) >= 11 is 0. The minimum atomic E-state index is -3.47. The maximum atomic E-state index is 13.2. The van der Waals surface area contributed by atoms with Crippen LogP contribution in [-0.2, 0) is 10.0 Å². The maximum absolute atomic E-state index is 13.2. The Bertz CT molecular complexity index is 459. The van der Waals surface area contributed by atoms with Gasteiger partial charge in [0.1, 0.15) is 0 Å². The molecule has 2 N–H and O–H groups in total. The predicted octanol–water partition coefficient (Wildman–Crippen LogP) is 1.19. The van der Waals surface area contributed by atoms with Crippen molar-refractivity contribution in [2.75, 3.05) is 12.4 Å². The van der Waals surface area contributed by atoms with E-state index in [1.54, 1.807) is 12.1 Å². The lowest BCUT2D eigenvalue weighted by Crippen LogP contribution is -2.18. The maximum Gasteiger partial charge on any atom is 0.209 e. The van der Waals surface area contributed by atoms with Crippen molar-refractivity contribution in [3.63, 3.8) is 0 Å². The topological polar surface area (TPSA) is 69.4 Å². The fourth-order valence-electron chi connectivity index (χ4n) is 1.16. The highest BCUT2D eigenvalue weighted by molar-refractivity contribution is 7.89. The number of halogens is 1. The average Bonchev–Trinajstić information content (AvgIpc) is 2.16. The molecule has 0 atom stereocenters. The van der Waals surface area contributed by atoms with Crippen LogP contribution in [0.25, 0.3) is 0 Å². The molecule has 1 aromatic rings. The summed E-state index contributed by atoms with van der Waals surface area (Å²) in [6.45, 7) is 1.94. The van der Waals surface area contributed by atoms with Crippen molar-refractivity contribution < 1.29 is 17.5 Å². The Morgan fingerprint density at radius 1 is 1.44 bits per heavy atom. The molecule has 0 fully saturated rings. The molecule has 1 rings (SSSR count). The van der Waals surface area contributed by atoms with Crippen molar-refractivity contribution in [2.24, 2.45) is 5.14 Å². The largest absolute Gasteiger partial charge is 0.490 e. The van der Waals surface area contributed by atoms with E-state index in [9.17, 15) is 12.8 Å². The van der Waals surface area contributed by atoms with Gasteiger partial charge in [-0.3, -0.25) is 0 Å². The molecule has 0 saturated heterocycles. The summed E-state index contributed by atoms with van der Waals surface area (Å²) < 4.78 is 39.5. The van der Waals surface area contributed by atoms with E-state index in [2.05, 4.69) is 0 Å². The third-order valence-corrected chi connectivity index (χ3v) is 2.78. The molecule has 1 aromatic carbocycles. The SMILES string of the molecule is Cc1ccc(F)c(OCCCS(N)(=O)=O)c1. The summed E-state index contributed by atoms with van der Waals surface area (Å²) in [4.78, 5) is 0. The molecule has 0 saturated carbocycles. The summed E-state index contributed by atoms with van der Waals surface area (Å²) in [5.74, 6) is -0.490. The molecule has 0 spiro atoms. The highest BCUT2D eigenvalue weighted by Gasteiger charge is 2.05. The standard InChI is InChI=1S/C10H14FNO3S/c1-8-3-4-9(11)10(7-8)15-5-2-6-16(12,13)14/h3-4,7H,2,5-6H2,1H3,(H2,12,13,14). The van der Waals surface area contributed by atoms with Gasteiger partial charge in [0.2, 0.25) is 10.0 Å². The van der Waals surface area contributed by atoms with Crippen molar-refractivity contribution in [1.82, 2.24) is 0 Å². The number of nitrogens with two attached hydrogens (primary N) is 1. The lowest BCUT2D eigenvalue weighted by Gasteiger charge is -2.07. The molecule has 0 radical (unpaired) electrons. The number of aryl methyl sites for hydroxylation is 1. The second-order valence-electron chi connectivity index (χ2n) is 3.50. The van der Waals surface area contributed by atoms with Gasteiger partial charge in [-0.1, -0.05) is 6.07 Å². The molecule has 0 aromatic heterocycles. The van der Waals surface area contributed by atoms with E-state index in [1.807, 2.05) is 6.92 Å². The minimum Gasteiger partial charge on any atom is -0.490 e. The van der Waals surface area contributed by atoms with Crippen molar-refractivity contribution >= 4 is 10.0 Å². The van der Waals surface area contributed by atoms with E-state index >= 15 is 0 Å². The van der Waals surface area contributed by atoms with Gasteiger partial charge in [0.25, 0.3) is 0 Å². The number of sulfonamides is 1. The fraction of sp³-hybridized carbons (Fsp3) is 0.400. The molecule has 4 nitrogen and oxygen atoms in total.